The predicted octanol–water partition coefficient (Wildman–Crippen LogP) is 1.94. The van der Waals surface area contributed by atoms with Crippen molar-refractivity contribution < 1.29 is 29.3 Å². The number of nitrogens with zero attached hydrogens (tertiary/aromatic N) is 2. The van der Waals surface area contributed by atoms with Crippen LogP contribution in [0.4, 0.5) is 5.69 Å². The third-order valence-corrected chi connectivity index (χ3v) is 3.49. The fourth-order valence-electron chi connectivity index (χ4n) is 2.24. The SMILES string of the molecule is CCC(Cc1cccc([N+](=O)[O-])c1)C(=O)N(CC)OC(=O)CC(=O)O. The first-order valence-corrected chi connectivity index (χ1v) is 7.75. The van der Waals surface area contributed by atoms with Crippen molar-refractivity contribution in [2.24, 2.45) is 5.92 Å². The van der Waals surface area contributed by atoms with Crippen LogP contribution in [-0.4, -0.2) is 39.5 Å². The third kappa shape index (κ3) is 6.21. The number of amides is 1. The zero-order chi connectivity index (χ0) is 19.0. The van der Waals surface area contributed by atoms with Gasteiger partial charge in [0.05, 0.1) is 11.5 Å². The van der Waals surface area contributed by atoms with Gasteiger partial charge < -0.3 is 9.94 Å². The number of aliphatic carboxylic acids is 1. The Morgan fingerprint density at radius 3 is 2.52 bits per heavy atom. The Labute approximate surface area is 144 Å². The first-order chi connectivity index (χ1) is 11.8. The number of carbonyl (C=O) groups excluding carboxylic acids is 2. The van der Waals surface area contributed by atoms with E-state index in [1.165, 1.54) is 18.2 Å². The highest BCUT2D eigenvalue weighted by molar-refractivity contribution is 5.90. The summed E-state index contributed by atoms with van der Waals surface area (Å²) in [7, 11) is 0. The van der Waals surface area contributed by atoms with Crippen LogP contribution in [0.3, 0.4) is 0 Å². The molecular formula is C16H20N2O7. The van der Waals surface area contributed by atoms with Gasteiger partial charge in [-0.15, -0.1) is 0 Å². The van der Waals surface area contributed by atoms with Gasteiger partial charge in [0.15, 0.2) is 0 Å². The first-order valence-electron chi connectivity index (χ1n) is 7.75. The van der Waals surface area contributed by atoms with Gasteiger partial charge in [-0.1, -0.05) is 19.1 Å². The van der Waals surface area contributed by atoms with Gasteiger partial charge in [0.25, 0.3) is 11.6 Å². The Balaban J connectivity index is 2.84. The molecule has 0 saturated carbocycles. The molecule has 136 valence electrons. The van der Waals surface area contributed by atoms with Crippen molar-refractivity contribution in [1.82, 2.24) is 5.06 Å². The van der Waals surface area contributed by atoms with Crippen LogP contribution in [-0.2, 0) is 25.6 Å². The molecule has 1 rings (SSSR count). The van der Waals surface area contributed by atoms with Crippen molar-refractivity contribution in [3.8, 4) is 0 Å². The molecule has 0 saturated heterocycles. The summed E-state index contributed by atoms with van der Waals surface area (Å²) in [6.45, 7) is 3.43. The van der Waals surface area contributed by atoms with E-state index in [1.807, 2.05) is 0 Å². The summed E-state index contributed by atoms with van der Waals surface area (Å²) in [5.74, 6) is -3.42. The summed E-state index contributed by atoms with van der Waals surface area (Å²) >= 11 is 0. The summed E-state index contributed by atoms with van der Waals surface area (Å²) in [5, 5.41) is 20.2. The topological polar surface area (TPSA) is 127 Å². The lowest BCUT2D eigenvalue weighted by atomic mass is 9.95. The molecule has 0 spiro atoms. The van der Waals surface area contributed by atoms with Crippen LogP contribution in [0, 0.1) is 16.0 Å². The highest BCUT2D eigenvalue weighted by atomic mass is 16.7. The number of carboxylic acids is 1. The fraction of sp³-hybridized carbons (Fsp3) is 0.438. The number of hydroxylamine groups is 2. The Kier molecular flexibility index (Phi) is 7.51. The zero-order valence-electron chi connectivity index (χ0n) is 14.0. The molecule has 0 bridgehead atoms. The van der Waals surface area contributed by atoms with Gasteiger partial charge in [0.1, 0.15) is 6.42 Å². The van der Waals surface area contributed by atoms with Crippen LogP contribution in [0.2, 0.25) is 0 Å². The Morgan fingerprint density at radius 2 is 2.00 bits per heavy atom. The molecular weight excluding hydrogens is 332 g/mol. The molecule has 0 fully saturated rings. The quantitative estimate of drug-likeness (QED) is 0.430. The Hall–Kier alpha value is -2.97. The van der Waals surface area contributed by atoms with Gasteiger partial charge in [-0.25, -0.2) is 4.79 Å². The van der Waals surface area contributed by atoms with Crippen LogP contribution in [0.1, 0.15) is 32.3 Å². The maximum atomic E-state index is 12.5. The Bertz CT molecular complexity index is 660. The summed E-state index contributed by atoms with van der Waals surface area (Å²) in [6, 6.07) is 5.96. The zero-order valence-corrected chi connectivity index (χ0v) is 14.0. The number of benzene rings is 1. The number of non-ortho nitro benzene ring substituents is 1. The molecule has 1 atom stereocenters. The van der Waals surface area contributed by atoms with Crippen LogP contribution >= 0.6 is 0 Å². The van der Waals surface area contributed by atoms with E-state index in [1.54, 1.807) is 19.9 Å². The number of nitro benzene ring substituents is 1. The lowest BCUT2D eigenvalue weighted by molar-refractivity contribution is -0.384. The number of nitro groups is 1. The van der Waals surface area contributed by atoms with E-state index in [9.17, 15) is 24.5 Å². The normalized spacial score (nSPS) is 11.4. The van der Waals surface area contributed by atoms with Gasteiger partial charge in [-0.05, 0) is 25.3 Å². The average molecular weight is 352 g/mol. The lowest BCUT2D eigenvalue weighted by Crippen LogP contribution is -2.38. The van der Waals surface area contributed by atoms with E-state index in [-0.39, 0.29) is 18.7 Å². The molecule has 1 aromatic carbocycles. The van der Waals surface area contributed by atoms with Crippen LogP contribution in [0.5, 0.6) is 0 Å². The van der Waals surface area contributed by atoms with Gasteiger partial charge in [0, 0.05) is 18.1 Å². The second-order valence-electron chi connectivity index (χ2n) is 5.30. The fourth-order valence-corrected chi connectivity index (χ4v) is 2.24. The van der Waals surface area contributed by atoms with E-state index < -0.39 is 35.1 Å². The first kappa shape index (κ1) is 20.1. The van der Waals surface area contributed by atoms with Crippen molar-refractivity contribution in [3.63, 3.8) is 0 Å². The standard InChI is InChI=1S/C16H20N2O7/c1-3-12(8-11-6-5-7-13(9-11)18(23)24)16(22)17(4-2)25-15(21)10-14(19)20/h5-7,9,12H,3-4,8,10H2,1-2H3,(H,19,20). The minimum absolute atomic E-state index is 0.0651. The molecule has 0 radical (unpaired) electrons. The van der Waals surface area contributed by atoms with E-state index in [0.717, 1.165) is 5.06 Å². The smallest absolute Gasteiger partial charge is 0.343 e. The monoisotopic (exact) mass is 352 g/mol. The van der Waals surface area contributed by atoms with Crippen molar-refractivity contribution in [3.05, 3.63) is 39.9 Å². The van der Waals surface area contributed by atoms with E-state index in [2.05, 4.69) is 0 Å². The van der Waals surface area contributed by atoms with Crippen molar-refractivity contribution in [2.45, 2.75) is 33.1 Å². The molecule has 0 aliphatic carbocycles. The molecule has 0 aliphatic rings. The maximum absolute atomic E-state index is 12.5. The van der Waals surface area contributed by atoms with Gasteiger partial charge in [0.2, 0.25) is 0 Å². The molecule has 1 aromatic rings. The molecule has 9 nitrogen and oxygen atoms in total. The summed E-state index contributed by atoms with van der Waals surface area (Å²) < 4.78 is 0. The average Bonchev–Trinajstić information content (AvgIpc) is 2.56. The number of carbonyl (C=O) groups is 3. The number of hydrogen-bond acceptors (Lipinski definition) is 6. The summed E-state index contributed by atoms with van der Waals surface area (Å²) in [4.78, 5) is 49.6. The Morgan fingerprint density at radius 1 is 1.32 bits per heavy atom. The van der Waals surface area contributed by atoms with Gasteiger partial charge in [-0.2, -0.15) is 5.06 Å². The lowest BCUT2D eigenvalue weighted by Gasteiger charge is -2.24. The van der Waals surface area contributed by atoms with Gasteiger partial charge in [-0.3, -0.25) is 19.7 Å². The summed E-state index contributed by atoms with van der Waals surface area (Å²) in [6.07, 6.45) is -0.177. The molecule has 0 heterocycles. The minimum Gasteiger partial charge on any atom is -0.481 e. The predicted molar refractivity (Wildman–Crippen MR) is 86.3 cm³/mol. The molecule has 9 heteroatoms. The van der Waals surface area contributed by atoms with Crippen molar-refractivity contribution in [1.29, 1.82) is 0 Å². The second kappa shape index (κ2) is 9.36. The molecule has 25 heavy (non-hydrogen) atoms. The highest BCUT2D eigenvalue weighted by Gasteiger charge is 2.26. The minimum atomic E-state index is -1.35. The molecule has 0 aromatic heterocycles. The summed E-state index contributed by atoms with van der Waals surface area (Å²) in [5.41, 5.74) is 0.544. The number of rotatable bonds is 8. The molecule has 1 amide bonds. The number of hydrogen-bond donors (Lipinski definition) is 1. The van der Waals surface area contributed by atoms with Crippen LogP contribution in [0.15, 0.2) is 24.3 Å². The second-order valence-corrected chi connectivity index (χ2v) is 5.30. The van der Waals surface area contributed by atoms with Crippen LogP contribution < -0.4 is 0 Å². The molecule has 0 aliphatic heterocycles. The van der Waals surface area contributed by atoms with Crippen molar-refractivity contribution >= 4 is 23.5 Å². The van der Waals surface area contributed by atoms with Crippen LogP contribution in [0.25, 0.3) is 0 Å². The van der Waals surface area contributed by atoms with E-state index in [4.69, 9.17) is 9.94 Å². The highest BCUT2D eigenvalue weighted by Crippen LogP contribution is 2.19. The van der Waals surface area contributed by atoms with Crippen molar-refractivity contribution in [2.75, 3.05) is 6.54 Å². The maximum Gasteiger partial charge on any atom is 0.343 e. The van der Waals surface area contributed by atoms with E-state index >= 15 is 0 Å². The van der Waals surface area contributed by atoms with E-state index in [0.29, 0.717) is 12.0 Å². The molecule has 1 unspecified atom stereocenters. The molecule has 1 N–H and O–H groups in total. The number of carboxylic acid groups (broad SMARTS) is 1. The van der Waals surface area contributed by atoms with Gasteiger partial charge >= 0.3 is 11.9 Å². The third-order valence-electron chi connectivity index (χ3n) is 3.49. The largest absolute Gasteiger partial charge is 0.481 e.